The van der Waals surface area contributed by atoms with Gasteiger partial charge in [-0.2, -0.15) is 0 Å². The van der Waals surface area contributed by atoms with Gasteiger partial charge in [0.2, 0.25) is 5.90 Å². The predicted molar refractivity (Wildman–Crippen MR) is 141 cm³/mol. The summed E-state index contributed by atoms with van der Waals surface area (Å²) in [5, 5.41) is 0.781. The van der Waals surface area contributed by atoms with Gasteiger partial charge < -0.3 is 14.2 Å². The molecule has 1 heterocycles. The minimum atomic E-state index is -0.579. The Morgan fingerprint density at radius 3 is 2.67 bits per heavy atom. The monoisotopic (exact) mass is 657 g/mol. The second kappa shape index (κ2) is 10.5. The maximum absolute atomic E-state index is 12.4. The number of nitrogens with zero attached hydrogens (tertiary/aromatic N) is 1. The van der Waals surface area contributed by atoms with Crippen LogP contribution in [0, 0.1) is 3.57 Å². The maximum atomic E-state index is 12.4. The fourth-order valence-corrected chi connectivity index (χ4v) is 4.43. The Labute approximate surface area is 222 Å². The Morgan fingerprint density at radius 2 is 1.91 bits per heavy atom. The Balaban J connectivity index is 1.62. The molecule has 33 heavy (non-hydrogen) atoms. The molecule has 9 heteroatoms. The van der Waals surface area contributed by atoms with Gasteiger partial charge in [-0.25, -0.2) is 9.79 Å². The van der Waals surface area contributed by atoms with E-state index in [0.29, 0.717) is 39.3 Å². The van der Waals surface area contributed by atoms with E-state index >= 15 is 0 Å². The zero-order valence-corrected chi connectivity index (χ0v) is 22.3. The predicted octanol–water partition coefficient (Wildman–Crippen LogP) is 7.29. The maximum Gasteiger partial charge on any atom is 0.363 e. The lowest BCUT2D eigenvalue weighted by atomic mass is 10.1. The highest BCUT2D eigenvalue weighted by molar-refractivity contribution is 14.1. The normalized spacial score (nSPS) is 14.3. The van der Waals surface area contributed by atoms with Crippen molar-refractivity contribution >= 4 is 79.7 Å². The lowest BCUT2D eigenvalue weighted by Gasteiger charge is -2.14. The van der Waals surface area contributed by atoms with Gasteiger partial charge in [0.15, 0.2) is 17.2 Å². The molecule has 168 valence electrons. The summed E-state index contributed by atoms with van der Waals surface area (Å²) < 4.78 is 18.6. The molecule has 0 atom stereocenters. The molecule has 3 aromatic rings. The molecular formula is C24H15BrCl2INO4. The minimum absolute atomic E-state index is 0.125. The fourth-order valence-electron chi connectivity index (χ4n) is 3.07. The Hall–Kier alpha value is -2.07. The zero-order chi connectivity index (χ0) is 23.5. The standard InChI is InChI=1S/C24H15BrCl2INO4/c1-31-21-10-13(8-19(27)22(21)32-12-14-4-2-3-5-17(14)25)9-20-24(30)33-23(29-20)16-11-15(28)6-7-18(16)26/h2-11H,12H2,1H3/b20-9-. The van der Waals surface area contributed by atoms with Crippen molar-refractivity contribution in [2.75, 3.05) is 7.11 Å². The number of rotatable bonds is 6. The SMILES string of the molecule is COc1cc(/C=C2\N=C(c3cc(I)ccc3Cl)OC2=O)cc(Cl)c1OCc1ccccc1Br. The number of methoxy groups -OCH3 is 1. The van der Waals surface area contributed by atoms with Crippen molar-refractivity contribution in [3.8, 4) is 11.5 Å². The van der Waals surface area contributed by atoms with E-state index in [2.05, 4.69) is 43.5 Å². The fraction of sp³-hybridized carbons (Fsp3) is 0.0833. The van der Waals surface area contributed by atoms with Crippen molar-refractivity contribution in [2.45, 2.75) is 6.61 Å². The lowest BCUT2D eigenvalue weighted by molar-refractivity contribution is -0.129. The van der Waals surface area contributed by atoms with Crippen LogP contribution in [0.4, 0.5) is 0 Å². The van der Waals surface area contributed by atoms with Crippen LogP contribution in [0.2, 0.25) is 10.0 Å². The van der Waals surface area contributed by atoms with Crippen molar-refractivity contribution in [1.29, 1.82) is 0 Å². The summed E-state index contributed by atoms with van der Waals surface area (Å²) in [6, 6.07) is 16.5. The first kappa shape index (κ1) is 24.1. The van der Waals surface area contributed by atoms with Gasteiger partial charge in [0.05, 0.1) is 22.7 Å². The first-order valence-electron chi connectivity index (χ1n) is 9.57. The number of benzene rings is 3. The third-order valence-electron chi connectivity index (χ3n) is 4.66. The number of esters is 1. The molecule has 1 aliphatic rings. The van der Waals surface area contributed by atoms with E-state index in [1.54, 1.807) is 30.3 Å². The van der Waals surface area contributed by atoms with E-state index in [-0.39, 0.29) is 11.6 Å². The second-order valence-corrected chi connectivity index (χ2v) is 9.79. The van der Waals surface area contributed by atoms with Crippen LogP contribution in [0.1, 0.15) is 16.7 Å². The van der Waals surface area contributed by atoms with E-state index in [1.807, 2.05) is 30.3 Å². The summed E-state index contributed by atoms with van der Waals surface area (Å²) in [6.45, 7) is 0.300. The molecule has 0 fully saturated rings. The van der Waals surface area contributed by atoms with Gasteiger partial charge >= 0.3 is 5.97 Å². The molecule has 0 saturated carbocycles. The van der Waals surface area contributed by atoms with E-state index in [4.69, 9.17) is 37.4 Å². The van der Waals surface area contributed by atoms with Crippen LogP contribution in [-0.2, 0) is 16.1 Å². The summed E-state index contributed by atoms with van der Waals surface area (Å²) in [4.78, 5) is 16.7. The van der Waals surface area contributed by atoms with Crippen molar-refractivity contribution in [1.82, 2.24) is 0 Å². The summed E-state index contributed by atoms with van der Waals surface area (Å²) >= 11 is 18.4. The number of cyclic esters (lactones) is 1. The van der Waals surface area contributed by atoms with Crippen molar-refractivity contribution < 1.29 is 19.0 Å². The minimum Gasteiger partial charge on any atom is -0.493 e. The number of halogens is 4. The molecule has 0 amide bonds. The van der Waals surface area contributed by atoms with Gasteiger partial charge in [0, 0.05) is 13.6 Å². The van der Waals surface area contributed by atoms with Crippen LogP contribution in [-0.4, -0.2) is 19.0 Å². The quantitative estimate of drug-likeness (QED) is 0.159. The number of hydrogen-bond acceptors (Lipinski definition) is 5. The molecule has 0 N–H and O–H groups in total. The highest BCUT2D eigenvalue weighted by Gasteiger charge is 2.26. The number of hydrogen-bond donors (Lipinski definition) is 0. The van der Waals surface area contributed by atoms with Gasteiger partial charge in [0.1, 0.15) is 6.61 Å². The number of carbonyl (C=O) groups excluding carboxylic acids is 1. The summed E-state index contributed by atoms with van der Waals surface area (Å²) in [5.74, 6) is 0.407. The summed E-state index contributed by atoms with van der Waals surface area (Å²) in [6.07, 6.45) is 1.57. The Morgan fingerprint density at radius 1 is 1.12 bits per heavy atom. The average molecular weight is 659 g/mol. The third kappa shape index (κ3) is 5.54. The molecule has 0 aromatic heterocycles. The van der Waals surface area contributed by atoms with Crippen LogP contribution in [0.5, 0.6) is 11.5 Å². The molecular weight excluding hydrogens is 644 g/mol. The molecule has 4 rings (SSSR count). The van der Waals surface area contributed by atoms with Crippen LogP contribution < -0.4 is 9.47 Å². The van der Waals surface area contributed by atoms with Gasteiger partial charge in [-0.05, 0) is 70.6 Å². The van der Waals surface area contributed by atoms with Crippen LogP contribution in [0.15, 0.2) is 69.8 Å². The average Bonchev–Trinajstić information content (AvgIpc) is 3.15. The van der Waals surface area contributed by atoms with E-state index in [1.165, 1.54) is 7.11 Å². The van der Waals surface area contributed by atoms with E-state index < -0.39 is 5.97 Å². The molecule has 1 aliphatic heterocycles. The highest BCUT2D eigenvalue weighted by atomic mass is 127. The smallest absolute Gasteiger partial charge is 0.363 e. The van der Waals surface area contributed by atoms with Gasteiger partial charge in [-0.3, -0.25) is 0 Å². The Bertz CT molecular complexity index is 1310. The molecule has 0 spiro atoms. The van der Waals surface area contributed by atoms with E-state index in [9.17, 15) is 4.79 Å². The van der Waals surface area contributed by atoms with Crippen molar-refractivity contribution in [2.24, 2.45) is 4.99 Å². The molecule has 0 bridgehead atoms. The first-order valence-corrected chi connectivity index (χ1v) is 12.2. The van der Waals surface area contributed by atoms with Crippen molar-refractivity contribution in [3.63, 3.8) is 0 Å². The summed E-state index contributed by atoms with van der Waals surface area (Å²) in [5.41, 5.74) is 2.24. The zero-order valence-electron chi connectivity index (χ0n) is 17.1. The Kier molecular flexibility index (Phi) is 7.63. The number of ether oxygens (including phenoxy) is 3. The molecule has 5 nitrogen and oxygen atoms in total. The largest absolute Gasteiger partial charge is 0.493 e. The molecule has 0 unspecified atom stereocenters. The second-order valence-electron chi connectivity index (χ2n) is 6.87. The van der Waals surface area contributed by atoms with Crippen LogP contribution >= 0.6 is 61.7 Å². The van der Waals surface area contributed by atoms with Crippen LogP contribution in [0.3, 0.4) is 0 Å². The third-order valence-corrected chi connectivity index (χ3v) is 6.72. The number of carbonyl (C=O) groups is 1. The molecule has 3 aromatic carbocycles. The highest BCUT2D eigenvalue weighted by Crippen LogP contribution is 2.38. The van der Waals surface area contributed by atoms with Crippen molar-refractivity contribution in [3.05, 3.63) is 95.1 Å². The summed E-state index contributed by atoms with van der Waals surface area (Å²) in [7, 11) is 1.52. The van der Waals surface area contributed by atoms with Crippen LogP contribution in [0.25, 0.3) is 6.08 Å². The van der Waals surface area contributed by atoms with Gasteiger partial charge in [-0.15, -0.1) is 0 Å². The molecule has 0 saturated heterocycles. The van der Waals surface area contributed by atoms with E-state index in [0.717, 1.165) is 13.6 Å². The van der Waals surface area contributed by atoms with Gasteiger partial charge in [-0.1, -0.05) is 57.3 Å². The molecule has 0 aliphatic carbocycles. The van der Waals surface area contributed by atoms with Gasteiger partial charge in [0.25, 0.3) is 0 Å². The molecule has 0 radical (unpaired) electrons. The lowest BCUT2D eigenvalue weighted by Crippen LogP contribution is -2.06. The first-order chi connectivity index (χ1) is 15.9. The number of aliphatic imine (C=N–C) groups is 1. The topological polar surface area (TPSA) is 57.1 Å².